The van der Waals surface area contributed by atoms with E-state index in [1.165, 1.54) is 4.90 Å². The Kier molecular flexibility index (Phi) is 5.51. The Bertz CT molecular complexity index is 959. The van der Waals surface area contributed by atoms with E-state index in [2.05, 4.69) is 10.3 Å². The maximum Gasteiger partial charge on any atom is 0.417 e. The lowest BCUT2D eigenvalue weighted by molar-refractivity contribution is -0.138. The number of rotatable bonds is 1. The van der Waals surface area contributed by atoms with E-state index in [1.807, 2.05) is 0 Å². The molecular formula is C19H17F6N3O2S. The van der Waals surface area contributed by atoms with Crippen molar-refractivity contribution in [3.63, 3.8) is 0 Å². The minimum absolute atomic E-state index is 0.0652. The summed E-state index contributed by atoms with van der Waals surface area (Å²) in [5.74, 6) is -0.0652. The zero-order chi connectivity index (χ0) is 22.6. The topological polar surface area (TPSA) is 65.5 Å². The normalized spacial score (nSPS) is 24.4. The molecule has 4 rings (SSSR count). The molecule has 0 spiro atoms. The van der Waals surface area contributed by atoms with E-state index in [9.17, 15) is 35.7 Å². The Labute approximate surface area is 175 Å². The molecule has 1 saturated heterocycles. The van der Waals surface area contributed by atoms with Crippen molar-refractivity contribution in [2.45, 2.75) is 47.1 Å². The third-order valence-corrected chi connectivity index (χ3v) is 6.74. The van der Waals surface area contributed by atoms with Crippen LogP contribution >= 0.6 is 0 Å². The predicted octanol–water partition coefficient (Wildman–Crippen LogP) is 3.85. The number of β-amino-alcohol motifs (C(OH)–C–C–N with tert-alkyl or cyclic N) is 1. The third kappa shape index (κ3) is 4.03. The van der Waals surface area contributed by atoms with Crippen molar-refractivity contribution in [3.05, 3.63) is 41.6 Å². The maximum absolute atomic E-state index is 13.2. The van der Waals surface area contributed by atoms with Gasteiger partial charge in [-0.2, -0.15) is 26.3 Å². The van der Waals surface area contributed by atoms with E-state index in [0.717, 1.165) is 12.1 Å². The van der Waals surface area contributed by atoms with Gasteiger partial charge in [-0.15, -0.1) is 0 Å². The van der Waals surface area contributed by atoms with Gasteiger partial charge < -0.3 is 15.3 Å². The van der Waals surface area contributed by atoms with Gasteiger partial charge in [0.15, 0.2) is 0 Å². The van der Waals surface area contributed by atoms with Gasteiger partial charge in [0.2, 0.25) is 0 Å². The summed E-state index contributed by atoms with van der Waals surface area (Å²) in [6, 6.07) is 2.60. The van der Waals surface area contributed by atoms with Crippen LogP contribution in [0.25, 0.3) is 0 Å². The molecule has 0 radical (unpaired) electrons. The first-order valence-electron chi connectivity index (χ1n) is 9.37. The van der Waals surface area contributed by atoms with Crippen LogP contribution in [0.2, 0.25) is 0 Å². The van der Waals surface area contributed by atoms with Crippen LogP contribution < -0.4 is 10.2 Å². The Morgan fingerprint density at radius 2 is 1.74 bits per heavy atom. The van der Waals surface area contributed by atoms with Crippen molar-refractivity contribution >= 4 is 22.3 Å². The van der Waals surface area contributed by atoms with Crippen molar-refractivity contribution in [3.8, 4) is 0 Å². The molecule has 1 unspecified atom stereocenters. The average Bonchev–Trinajstić information content (AvgIpc) is 2.91. The lowest BCUT2D eigenvalue weighted by atomic mass is 10.0. The fourth-order valence-electron chi connectivity index (χ4n) is 3.83. The molecule has 0 saturated carbocycles. The van der Waals surface area contributed by atoms with E-state index in [1.54, 1.807) is 0 Å². The number of nitrogens with one attached hydrogen (secondary N) is 1. The number of hydrogen-bond donors (Lipinski definition) is 2. The predicted molar refractivity (Wildman–Crippen MR) is 99.4 cm³/mol. The van der Waals surface area contributed by atoms with Gasteiger partial charge in [-0.3, -0.25) is 0 Å². The first-order valence-corrected chi connectivity index (χ1v) is 10.5. The SMILES string of the molecule is O=S1c2cc(C(F)(F)F)ccc2N([C@H]2CCCNC[C@@H]2O)c2ncc(C(F)(F)F)cc21. The molecular weight excluding hydrogens is 448 g/mol. The molecule has 168 valence electrons. The lowest BCUT2D eigenvalue weighted by Crippen LogP contribution is -2.45. The summed E-state index contributed by atoms with van der Waals surface area (Å²) < 4.78 is 92.5. The lowest BCUT2D eigenvalue weighted by Gasteiger charge is -2.39. The van der Waals surface area contributed by atoms with Crippen molar-refractivity contribution in [2.24, 2.45) is 0 Å². The molecule has 2 aliphatic heterocycles. The highest BCUT2D eigenvalue weighted by Gasteiger charge is 2.41. The molecule has 5 nitrogen and oxygen atoms in total. The van der Waals surface area contributed by atoms with Crippen LogP contribution in [0, 0.1) is 0 Å². The summed E-state index contributed by atoms with van der Waals surface area (Å²) in [6.07, 6.45) is -8.84. The number of alkyl halides is 6. The molecule has 0 aliphatic carbocycles. The molecule has 2 aliphatic rings. The van der Waals surface area contributed by atoms with Gasteiger partial charge in [0.25, 0.3) is 0 Å². The number of aliphatic hydroxyl groups is 1. The Balaban J connectivity index is 1.93. The molecule has 3 atom stereocenters. The van der Waals surface area contributed by atoms with Gasteiger partial charge >= 0.3 is 12.4 Å². The monoisotopic (exact) mass is 465 g/mol. The first-order chi connectivity index (χ1) is 14.5. The summed E-state index contributed by atoms with van der Waals surface area (Å²) in [7, 11) is -2.32. The zero-order valence-corrected chi connectivity index (χ0v) is 16.6. The van der Waals surface area contributed by atoms with Crippen LogP contribution in [0.5, 0.6) is 0 Å². The number of pyridine rings is 1. The van der Waals surface area contributed by atoms with E-state index in [4.69, 9.17) is 0 Å². The van der Waals surface area contributed by atoms with E-state index in [0.29, 0.717) is 37.7 Å². The highest BCUT2D eigenvalue weighted by Crippen LogP contribution is 2.46. The minimum Gasteiger partial charge on any atom is -0.390 e. The Morgan fingerprint density at radius 1 is 1.06 bits per heavy atom. The quantitative estimate of drug-likeness (QED) is 0.627. The van der Waals surface area contributed by atoms with Crippen molar-refractivity contribution in [2.75, 3.05) is 18.0 Å². The number of benzene rings is 1. The van der Waals surface area contributed by atoms with E-state index < -0.39 is 46.4 Å². The molecule has 1 aromatic heterocycles. The molecule has 0 amide bonds. The molecule has 2 aromatic rings. The second-order valence-corrected chi connectivity index (χ2v) is 8.76. The van der Waals surface area contributed by atoms with Crippen LogP contribution in [0.1, 0.15) is 24.0 Å². The van der Waals surface area contributed by atoms with E-state index >= 15 is 0 Å². The third-order valence-electron chi connectivity index (χ3n) is 5.32. The van der Waals surface area contributed by atoms with Crippen molar-refractivity contribution in [1.29, 1.82) is 0 Å². The van der Waals surface area contributed by atoms with Crippen LogP contribution in [-0.2, 0) is 23.2 Å². The number of aromatic nitrogens is 1. The van der Waals surface area contributed by atoms with Crippen LogP contribution in [0.15, 0.2) is 40.3 Å². The minimum atomic E-state index is -4.77. The standard InChI is InChI=1S/C19H17F6N3O2S/c20-18(21,22)10-3-4-13-15(6-10)31(30)16-7-11(19(23,24)25)8-27-17(16)28(13)12-2-1-5-26-9-14(12)29/h3-4,6-8,12,14,26,29H,1-2,5,9H2/t12-,14-,31?/m0/s1. The Morgan fingerprint density at radius 3 is 2.42 bits per heavy atom. The largest absolute Gasteiger partial charge is 0.417 e. The Hall–Kier alpha value is -2.18. The number of anilines is 2. The number of nitrogens with zero attached hydrogens (tertiary/aromatic N) is 2. The average molecular weight is 465 g/mol. The highest BCUT2D eigenvalue weighted by molar-refractivity contribution is 7.85. The molecule has 2 N–H and O–H groups in total. The molecule has 1 fully saturated rings. The number of hydrogen-bond acceptors (Lipinski definition) is 5. The van der Waals surface area contributed by atoms with Crippen LogP contribution in [0.3, 0.4) is 0 Å². The fourth-order valence-corrected chi connectivity index (χ4v) is 5.21. The summed E-state index contributed by atoms with van der Waals surface area (Å²) >= 11 is 0. The number of aliphatic hydroxyl groups excluding tert-OH is 1. The summed E-state index contributed by atoms with van der Waals surface area (Å²) in [6.45, 7) is 0.788. The smallest absolute Gasteiger partial charge is 0.390 e. The van der Waals surface area contributed by atoms with Gasteiger partial charge in [-0.05, 0) is 43.7 Å². The van der Waals surface area contributed by atoms with Crippen molar-refractivity contribution < 1.29 is 35.7 Å². The molecule has 12 heteroatoms. The van der Waals surface area contributed by atoms with Crippen LogP contribution in [-0.4, -0.2) is 39.5 Å². The summed E-state index contributed by atoms with van der Waals surface area (Å²) in [5, 5.41) is 13.6. The van der Waals surface area contributed by atoms with Crippen molar-refractivity contribution in [1.82, 2.24) is 10.3 Å². The second kappa shape index (κ2) is 7.75. The molecule has 1 aromatic carbocycles. The zero-order valence-electron chi connectivity index (χ0n) is 15.8. The second-order valence-electron chi connectivity index (χ2n) is 7.34. The molecule has 31 heavy (non-hydrogen) atoms. The first kappa shape index (κ1) is 22.0. The molecule has 0 bridgehead atoms. The van der Waals surface area contributed by atoms with Gasteiger partial charge in [0.05, 0.1) is 49.6 Å². The molecule has 3 heterocycles. The van der Waals surface area contributed by atoms with Crippen LogP contribution in [0.4, 0.5) is 37.8 Å². The number of fused-ring (bicyclic) bond motifs is 2. The number of halogens is 6. The van der Waals surface area contributed by atoms with Gasteiger partial charge in [0.1, 0.15) is 5.82 Å². The van der Waals surface area contributed by atoms with Gasteiger partial charge in [-0.25, -0.2) is 9.19 Å². The summed E-state index contributed by atoms with van der Waals surface area (Å²) in [5.41, 5.74) is -2.10. The summed E-state index contributed by atoms with van der Waals surface area (Å²) in [4.78, 5) is 4.70. The fraction of sp³-hybridized carbons (Fsp3) is 0.421. The maximum atomic E-state index is 13.2. The van der Waals surface area contributed by atoms with E-state index in [-0.39, 0.29) is 27.8 Å². The van der Waals surface area contributed by atoms with Gasteiger partial charge in [-0.1, -0.05) is 0 Å². The highest BCUT2D eigenvalue weighted by atomic mass is 32.2. The van der Waals surface area contributed by atoms with Gasteiger partial charge in [0, 0.05) is 12.7 Å².